The zero-order valence-corrected chi connectivity index (χ0v) is 12.6. The minimum Gasteiger partial charge on any atom is -0.468 e. The predicted molar refractivity (Wildman–Crippen MR) is 78.7 cm³/mol. The summed E-state index contributed by atoms with van der Waals surface area (Å²) >= 11 is 0. The molecule has 1 aliphatic carbocycles. The summed E-state index contributed by atoms with van der Waals surface area (Å²) in [6.45, 7) is 1.73. The molecule has 5 nitrogen and oxygen atoms in total. The van der Waals surface area contributed by atoms with Crippen LogP contribution in [0.4, 0.5) is 0 Å². The maximum absolute atomic E-state index is 12.1. The zero-order chi connectivity index (χ0) is 16.2. The zero-order valence-electron chi connectivity index (χ0n) is 12.6. The molecule has 5 heteroatoms. The summed E-state index contributed by atoms with van der Waals surface area (Å²) in [4.78, 5) is 35.9. The maximum atomic E-state index is 12.1. The van der Waals surface area contributed by atoms with Crippen molar-refractivity contribution in [2.45, 2.75) is 26.4 Å². The third-order valence-electron chi connectivity index (χ3n) is 3.72. The molecule has 0 spiro atoms. The van der Waals surface area contributed by atoms with E-state index in [1.807, 2.05) is 30.3 Å². The first-order chi connectivity index (χ1) is 10.5. The van der Waals surface area contributed by atoms with Crippen LogP contribution in [0.5, 0.6) is 0 Å². The van der Waals surface area contributed by atoms with E-state index in [0.29, 0.717) is 6.42 Å². The normalized spacial score (nSPS) is 21.0. The van der Waals surface area contributed by atoms with Crippen molar-refractivity contribution in [1.82, 2.24) is 0 Å². The molecular formula is C17H18O5. The van der Waals surface area contributed by atoms with E-state index >= 15 is 0 Å². The number of carbonyl (C=O) groups excluding carboxylic acids is 3. The Bertz CT molecular complexity index is 617. The standard InChI is InChI=1S/C17H18O5/c1-17(16(20)21-2)9-8-14(18)13(10-17)15(19)22-11-12-6-4-3-5-7-12/h3-7,10H,8-9,11H2,1-2H3. The molecule has 22 heavy (non-hydrogen) atoms. The van der Waals surface area contributed by atoms with Gasteiger partial charge in [0.2, 0.25) is 0 Å². The number of hydrogen-bond acceptors (Lipinski definition) is 5. The smallest absolute Gasteiger partial charge is 0.341 e. The van der Waals surface area contributed by atoms with Crippen LogP contribution in [-0.4, -0.2) is 24.8 Å². The van der Waals surface area contributed by atoms with Gasteiger partial charge in [-0.3, -0.25) is 9.59 Å². The van der Waals surface area contributed by atoms with Crippen molar-refractivity contribution in [3.63, 3.8) is 0 Å². The van der Waals surface area contributed by atoms with E-state index in [4.69, 9.17) is 9.47 Å². The Morgan fingerprint density at radius 1 is 1.23 bits per heavy atom. The van der Waals surface area contributed by atoms with Gasteiger partial charge in [0.15, 0.2) is 5.78 Å². The summed E-state index contributed by atoms with van der Waals surface area (Å²) in [6, 6.07) is 9.18. The van der Waals surface area contributed by atoms with Crippen LogP contribution < -0.4 is 0 Å². The molecule has 2 rings (SSSR count). The fourth-order valence-corrected chi connectivity index (χ4v) is 2.35. The van der Waals surface area contributed by atoms with Gasteiger partial charge in [0, 0.05) is 6.42 Å². The van der Waals surface area contributed by atoms with E-state index in [9.17, 15) is 14.4 Å². The summed E-state index contributed by atoms with van der Waals surface area (Å²) in [7, 11) is 1.28. The van der Waals surface area contributed by atoms with Crippen molar-refractivity contribution in [2.24, 2.45) is 5.41 Å². The van der Waals surface area contributed by atoms with Gasteiger partial charge in [0.05, 0.1) is 18.1 Å². The molecule has 0 radical (unpaired) electrons. The Morgan fingerprint density at radius 3 is 2.55 bits per heavy atom. The van der Waals surface area contributed by atoms with Crippen molar-refractivity contribution in [3.05, 3.63) is 47.5 Å². The van der Waals surface area contributed by atoms with Crippen molar-refractivity contribution in [1.29, 1.82) is 0 Å². The van der Waals surface area contributed by atoms with Gasteiger partial charge in [0.25, 0.3) is 0 Å². The number of benzene rings is 1. The van der Waals surface area contributed by atoms with Crippen LogP contribution in [0.2, 0.25) is 0 Å². The van der Waals surface area contributed by atoms with E-state index in [2.05, 4.69) is 0 Å². The second-order valence-electron chi connectivity index (χ2n) is 5.45. The number of carbonyl (C=O) groups is 3. The average molecular weight is 302 g/mol. The van der Waals surface area contributed by atoms with Crippen LogP contribution in [-0.2, 0) is 30.5 Å². The molecule has 0 amide bonds. The van der Waals surface area contributed by atoms with E-state index in [1.54, 1.807) is 6.92 Å². The lowest BCUT2D eigenvalue weighted by Crippen LogP contribution is -2.34. The molecule has 1 aromatic carbocycles. The van der Waals surface area contributed by atoms with Gasteiger partial charge in [0.1, 0.15) is 6.61 Å². The van der Waals surface area contributed by atoms with Crippen molar-refractivity contribution >= 4 is 17.7 Å². The Kier molecular flexibility index (Phi) is 4.75. The van der Waals surface area contributed by atoms with Crippen LogP contribution in [0.1, 0.15) is 25.3 Å². The van der Waals surface area contributed by atoms with Gasteiger partial charge in [-0.2, -0.15) is 0 Å². The lowest BCUT2D eigenvalue weighted by molar-refractivity contribution is -0.150. The van der Waals surface area contributed by atoms with E-state index < -0.39 is 17.4 Å². The lowest BCUT2D eigenvalue weighted by atomic mass is 9.77. The second kappa shape index (κ2) is 6.56. The molecule has 0 aromatic heterocycles. The van der Waals surface area contributed by atoms with Crippen LogP contribution in [0.25, 0.3) is 0 Å². The SMILES string of the molecule is COC(=O)C1(C)C=C(C(=O)OCc2ccccc2)C(=O)CC1. The molecule has 0 saturated carbocycles. The molecule has 0 aliphatic heterocycles. The monoisotopic (exact) mass is 302 g/mol. The maximum Gasteiger partial charge on any atom is 0.341 e. The first kappa shape index (κ1) is 15.9. The summed E-state index contributed by atoms with van der Waals surface area (Å²) < 4.78 is 9.90. The largest absolute Gasteiger partial charge is 0.468 e. The number of hydrogen-bond donors (Lipinski definition) is 0. The molecule has 0 N–H and O–H groups in total. The minimum absolute atomic E-state index is 0.0740. The van der Waals surface area contributed by atoms with Crippen LogP contribution in [0, 0.1) is 5.41 Å². The number of methoxy groups -OCH3 is 1. The number of ketones is 1. The summed E-state index contributed by atoms with van der Waals surface area (Å²) in [5, 5.41) is 0. The molecule has 0 bridgehead atoms. The fourth-order valence-electron chi connectivity index (χ4n) is 2.35. The molecule has 1 unspecified atom stereocenters. The molecular weight excluding hydrogens is 284 g/mol. The first-order valence-electron chi connectivity index (χ1n) is 7.02. The predicted octanol–water partition coefficient (Wildman–Crippen LogP) is 2.20. The number of rotatable bonds is 4. The molecule has 116 valence electrons. The van der Waals surface area contributed by atoms with Crippen molar-refractivity contribution in [3.8, 4) is 0 Å². The molecule has 0 fully saturated rings. The topological polar surface area (TPSA) is 69.7 Å². The van der Waals surface area contributed by atoms with Gasteiger partial charge in [-0.15, -0.1) is 0 Å². The van der Waals surface area contributed by atoms with Crippen molar-refractivity contribution in [2.75, 3.05) is 7.11 Å². The second-order valence-corrected chi connectivity index (χ2v) is 5.45. The number of ether oxygens (including phenoxy) is 2. The summed E-state index contributed by atoms with van der Waals surface area (Å²) in [6.07, 6.45) is 1.82. The Balaban J connectivity index is 2.12. The van der Waals surface area contributed by atoms with Crippen molar-refractivity contribution < 1.29 is 23.9 Å². The average Bonchev–Trinajstić information content (AvgIpc) is 2.55. The van der Waals surface area contributed by atoms with Crippen LogP contribution in [0.15, 0.2) is 42.0 Å². The highest BCUT2D eigenvalue weighted by Crippen LogP contribution is 2.33. The molecule has 0 heterocycles. The Labute approximate surface area is 128 Å². The van der Waals surface area contributed by atoms with Crippen LogP contribution in [0.3, 0.4) is 0 Å². The van der Waals surface area contributed by atoms with E-state index in [0.717, 1.165) is 5.56 Å². The Morgan fingerprint density at radius 2 is 1.91 bits per heavy atom. The molecule has 0 saturated heterocycles. The highest BCUT2D eigenvalue weighted by Gasteiger charge is 2.39. The van der Waals surface area contributed by atoms with Gasteiger partial charge >= 0.3 is 11.9 Å². The molecule has 1 aromatic rings. The quantitative estimate of drug-likeness (QED) is 0.630. The van der Waals surface area contributed by atoms with Gasteiger partial charge in [-0.25, -0.2) is 4.79 Å². The Hall–Kier alpha value is -2.43. The van der Waals surface area contributed by atoms with Crippen LogP contribution >= 0.6 is 0 Å². The lowest BCUT2D eigenvalue weighted by Gasteiger charge is -2.27. The highest BCUT2D eigenvalue weighted by atomic mass is 16.5. The third kappa shape index (κ3) is 3.42. The molecule has 1 aliphatic rings. The van der Waals surface area contributed by atoms with E-state index in [1.165, 1.54) is 13.2 Å². The van der Waals surface area contributed by atoms with Gasteiger partial charge in [-0.1, -0.05) is 30.3 Å². The van der Waals surface area contributed by atoms with Gasteiger partial charge in [-0.05, 0) is 25.0 Å². The number of Topliss-reactive ketones (excluding diaryl/α,β-unsaturated/α-hetero) is 1. The summed E-state index contributed by atoms with van der Waals surface area (Å²) in [5.74, 6) is -1.48. The highest BCUT2D eigenvalue weighted by molar-refractivity contribution is 6.18. The third-order valence-corrected chi connectivity index (χ3v) is 3.72. The minimum atomic E-state index is -0.968. The molecule has 1 atom stereocenters. The number of esters is 2. The van der Waals surface area contributed by atoms with E-state index in [-0.39, 0.29) is 24.4 Å². The fraction of sp³-hybridized carbons (Fsp3) is 0.353. The summed E-state index contributed by atoms with van der Waals surface area (Å²) in [5.41, 5.74) is -0.213. The van der Waals surface area contributed by atoms with Gasteiger partial charge < -0.3 is 9.47 Å². The first-order valence-corrected chi connectivity index (χ1v) is 7.02.